The first kappa shape index (κ1) is 25.5. The molecule has 1 saturated heterocycles. The second-order valence-corrected chi connectivity index (χ2v) is 6.00. The molecule has 2 aromatic heterocycles. The zero-order valence-corrected chi connectivity index (χ0v) is 17.5. The maximum atomic E-state index is 12.1. The molecule has 0 bridgehead atoms. The van der Waals surface area contributed by atoms with E-state index in [0.717, 1.165) is 37.6 Å². The van der Waals surface area contributed by atoms with Gasteiger partial charge in [0.1, 0.15) is 17.8 Å². The van der Waals surface area contributed by atoms with Gasteiger partial charge >= 0.3 is 0 Å². The van der Waals surface area contributed by atoms with Gasteiger partial charge in [0.15, 0.2) is 0 Å². The monoisotopic (exact) mass is 437 g/mol. The van der Waals surface area contributed by atoms with Crippen LogP contribution in [0.25, 0.3) is 0 Å². The van der Waals surface area contributed by atoms with E-state index in [1.54, 1.807) is 12.3 Å². The predicted octanol–water partition coefficient (Wildman–Crippen LogP) is 2.08. The zero-order valence-electron chi connectivity index (χ0n) is 15.1. The Morgan fingerprint density at radius 2 is 1.93 bits per heavy atom. The lowest BCUT2D eigenvalue weighted by atomic mass is 10.2. The number of nitrogens with one attached hydrogen (secondary N) is 1. The standard InChI is InChI=1S/C17H23N5O2.3ClH/c1-21-4-6-22(7-5-21)16-8-13(2-3-19-16)11-20-17(23)14-9-15(10-18)24-12-14;;;/h2-3,8-9,12H,4-7,10-11,18H2,1H3,(H,20,23);3*1H. The van der Waals surface area contributed by atoms with Crippen LogP contribution in [0.5, 0.6) is 0 Å². The number of hydrogen-bond donors (Lipinski definition) is 2. The molecule has 2 aromatic rings. The van der Waals surface area contributed by atoms with Crippen molar-refractivity contribution in [3.05, 3.63) is 47.5 Å². The summed E-state index contributed by atoms with van der Waals surface area (Å²) in [5, 5.41) is 2.90. The number of furan rings is 1. The molecule has 3 N–H and O–H groups in total. The van der Waals surface area contributed by atoms with Crippen LogP contribution in [0.2, 0.25) is 0 Å². The fourth-order valence-corrected chi connectivity index (χ4v) is 2.67. The van der Waals surface area contributed by atoms with Gasteiger partial charge in [-0.05, 0) is 30.8 Å². The molecule has 0 spiro atoms. The Morgan fingerprint density at radius 3 is 2.56 bits per heavy atom. The first-order chi connectivity index (χ1) is 11.7. The Labute approximate surface area is 177 Å². The van der Waals surface area contributed by atoms with Crippen LogP contribution in [-0.2, 0) is 13.1 Å². The number of aromatic nitrogens is 1. The number of likely N-dealkylation sites (N-methyl/N-ethyl adjacent to an activating group) is 1. The molecule has 1 aliphatic rings. The summed E-state index contributed by atoms with van der Waals surface area (Å²) in [4.78, 5) is 21.2. The van der Waals surface area contributed by atoms with Crippen molar-refractivity contribution < 1.29 is 9.21 Å². The molecule has 0 aromatic carbocycles. The van der Waals surface area contributed by atoms with Gasteiger partial charge in [0, 0.05) is 38.9 Å². The third kappa shape index (κ3) is 6.86. The summed E-state index contributed by atoms with van der Waals surface area (Å²) in [5.41, 5.74) is 7.00. The quantitative estimate of drug-likeness (QED) is 0.743. The van der Waals surface area contributed by atoms with E-state index in [9.17, 15) is 4.79 Å². The van der Waals surface area contributed by atoms with Crippen LogP contribution in [0, 0.1) is 0 Å². The number of carbonyl (C=O) groups is 1. The van der Waals surface area contributed by atoms with E-state index >= 15 is 0 Å². The van der Waals surface area contributed by atoms with E-state index in [4.69, 9.17) is 10.2 Å². The van der Waals surface area contributed by atoms with Gasteiger partial charge in [0.25, 0.3) is 5.91 Å². The number of halogens is 3. The molecule has 152 valence electrons. The Kier molecular flexibility index (Phi) is 11.4. The highest BCUT2D eigenvalue weighted by Crippen LogP contribution is 2.15. The van der Waals surface area contributed by atoms with Gasteiger partial charge in [-0.15, -0.1) is 37.2 Å². The molecule has 1 amide bonds. The van der Waals surface area contributed by atoms with Crippen molar-refractivity contribution >= 4 is 48.9 Å². The largest absolute Gasteiger partial charge is 0.467 e. The minimum Gasteiger partial charge on any atom is -0.467 e. The van der Waals surface area contributed by atoms with Gasteiger partial charge in [0.05, 0.1) is 12.1 Å². The first-order valence-electron chi connectivity index (χ1n) is 8.10. The molecular formula is C17H26Cl3N5O2. The van der Waals surface area contributed by atoms with Crippen molar-refractivity contribution in [2.75, 3.05) is 38.1 Å². The number of anilines is 1. The highest BCUT2D eigenvalue weighted by Gasteiger charge is 2.15. The minimum absolute atomic E-state index is 0. The normalized spacial score (nSPS) is 13.8. The van der Waals surface area contributed by atoms with Gasteiger partial charge in [-0.1, -0.05) is 0 Å². The van der Waals surface area contributed by atoms with E-state index in [0.29, 0.717) is 17.9 Å². The molecule has 0 aliphatic carbocycles. The molecule has 0 unspecified atom stereocenters. The highest BCUT2D eigenvalue weighted by molar-refractivity contribution is 5.93. The van der Waals surface area contributed by atoms with Crippen molar-refractivity contribution in [3.63, 3.8) is 0 Å². The van der Waals surface area contributed by atoms with Crippen LogP contribution in [0.4, 0.5) is 5.82 Å². The number of nitrogens with two attached hydrogens (primary N) is 1. The lowest BCUT2D eigenvalue weighted by Gasteiger charge is -2.33. The molecule has 0 saturated carbocycles. The van der Waals surface area contributed by atoms with Crippen LogP contribution in [0.15, 0.2) is 35.1 Å². The van der Waals surface area contributed by atoms with Gasteiger partial charge < -0.3 is 25.3 Å². The number of carbonyl (C=O) groups excluding carboxylic acids is 1. The van der Waals surface area contributed by atoms with Gasteiger partial charge in [-0.2, -0.15) is 0 Å². The summed E-state index contributed by atoms with van der Waals surface area (Å²) in [6.45, 7) is 4.74. The Morgan fingerprint density at radius 1 is 1.22 bits per heavy atom. The Balaban J connectivity index is 0.00000225. The van der Waals surface area contributed by atoms with E-state index in [-0.39, 0.29) is 49.7 Å². The van der Waals surface area contributed by atoms with E-state index in [1.807, 2.05) is 12.1 Å². The summed E-state index contributed by atoms with van der Waals surface area (Å²) in [7, 11) is 2.13. The second kappa shape index (κ2) is 12.0. The van der Waals surface area contributed by atoms with Crippen LogP contribution < -0.4 is 16.0 Å². The molecule has 0 radical (unpaired) electrons. The predicted molar refractivity (Wildman–Crippen MR) is 113 cm³/mol. The Hall–Kier alpha value is -1.51. The fourth-order valence-electron chi connectivity index (χ4n) is 2.67. The van der Waals surface area contributed by atoms with Crippen molar-refractivity contribution in [1.82, 2.24) is 15.2 Å². The number of nitrogens with zero attached hydrogens (tertiary/aromatic N) is 3. The molecule has 10 heteroatoms. The number of hydrogen-bond acceptors (Lipinski definition) is 6. The first-order valence-corrected chi connectivity index (χ1v) is 8.10. The van der Waals surface area contributed by atoms with Crippen molar-refractivity contribution in [2.24, 2.45) is 5.73 Å². The zero-order chi connectivity index (χ0) is 16.9. The van der Waals surface area contributed by atoms with Crippen LogP contribution >= 0.6 is 37.2 Å². The second-order valence-electron chi connectivity index (χ2n) is 6.00. The topological polar surface area (TPSA) is 87.6 Å². The number of piperazine rings is 1. The summed E-state index contributed by atoms with van der Waals surface area (Å²) in [6, 6.07) is 5.62. The lowest BCUT2D eigenvalue weighted by Crippen LogP contribution is -2.44. The minimum atomic E-state index is -0.170. The highest BCUT2D eigenvalue weighted by atomic mass is 35.5. The van der Waals surface area contributed by atoms with Crippen molar-refractivity contribution in [2.45, 2.75) is 13.1 Å². The Bertz CT molecular complexity index is 705. The van der Waals surface area contributed by atoms with Crippen molar-refractivity contribution in [3.8, 4) is 0 Å². The molecular weight excluding hydrogens is 413 g/mol. The SMILES string of the molecule is CN1CCN(c2cc(CNC(=O)c3coc(CN)c3)ccn2)CC1.Cl.Cl.Cl. The summed E-state index contributed by atoms with van der Waals surface area (Å²) >= 11 is 0. The third-order valence-electron chi connectivity index (χ3n) is 4.21. The molecule has 0 atom stereocenters. The molecule has 7 nitrogen and oxygen atoms in total. The molecule has 3 heterocycles. The molecule has 1 fully saturated rings. The average Bonchev–Trinajstić information content (AvgIpc) is 3.10. The van der Waals surface area contributed by atoms with Gasteiger partial charge in [-0.25, -0.2) is 4.98 Å². The molecule has 1 aliphatic heterocycles. The number of amides is 1. The lowest BCUT2D eigenvalue weighted by molar-refractivity contribution is 0.0950. The van der Waals surface area contributed by atoms with Crippen LogP contribution in [0.3, 0.4) is 0 Å². The fraction of sp³-hybridized carbons (Fsp3) is 0.412. The number of rotatable bonds is 5. The van der Waals surface area contributed by atoms with Crippen molar-refractivity contribution in [1.29, 1.82) is 0 Å². The van der Waals surface area contributed by atoms with Crippen LogP contribution in [0.1, 0.15) is 21.7 Å². The molecule has 3 rings (SSSR count). The third-order valence-corrected chi connectivity index (χ3v) is 4.21. The van der Waals surface area contributed by atoms with Gasteiger partial charge in [0.2, 0.25) is 0 Å². The summed E-state index contributed by atoms with van der Waals surface area (Å²) < 4.78 is 5.19. The van der Waals surface area contributed by atoms with E-state index in [2.05, 4.69) is 27.1 Å². The smallest absolute Gasteiger partial charge is 0.254 e. The maximum Gasteiger partial charge on any atom is 0.254 e. The average molecular weight is 439 g/mol. The molecule has 27 heavy (non-hydrogen) atoms. The van der Waals surface area contributed by atoms with Gasteiger partial charge in [-0.3, -0.25) is 4.79 Å². The number of pyridine rings is 1. The summed E-state index contributed by atoms with van der Waals surface area (Å²) in [5.74, 6) is 1.39. The summed E-state index contributed by atoms with van der Waals surface area (Å²) in [6.07, 6.45) is 3.22. The maximum absolute atomic E-state index is 12.1. The van der Waals surface area contributed by atoms with E-state index < -0.39 is 0 Å². The van der Waals surface area contributed by atoms with Crippen LogP contribution in [-0.4, -0.2) is 49.0 Å². The van der Waals surface area contributed by atoms with E-state index in [1.165, 1.54) is 6.26 Å².